The number of nitrogens with two attached hydrogens (primary N) is 1. The van der Waals surface area contributed by atoms with Crippen molar-refractivity contribution in [1.29, 1.82) is 0 Å². The number of aliphatic hydroxyl groups excluding tert-OH is 1. The van der Waals surface area contributed by atoms with Crippen LogP contribution >= 0.6 is 23.2 Å². The van der Waals surface area contributed by atoms with E-state index in [1.807, 2.05) is 40.3 Å². The molecule has 0 aliphatic heterocycles. The lowest BCUT2D eigenvalue weighted by Crippen LogP contribution is -2.39. The van der Waals surface area contributed by atoms with E-state index >= 15 is 0 Å². The third-order valence-corrected chi connectivity index (χ3v) is 4.76. The highest BCUT2D eigenvalue weighted by Crippen LogP contribution is 2.26. The van der Waals surface area contributed by atoms with E-state index < -0.39 is 6.10 Å². The van der Waals surface area contributed by atoms with Crippen molar-refractivity contribution in [2.75, 3.05) is 5.73 Å². The maximum absolute atomic E-state index is 10.6. The fourth-order valence-corrected chi connectivity index (χ4v) is 3.14. The molecule has 1 aromatic heterocycles. The first-order chi connectivity index (χ1) is 11.0. The number of imidazole rings is 1. The van der Waals surface area contributed by atoms with Gasteiger partial charge in [-0.2, -0.15) is 0 Å². The van der Waals surface area contributed by atoms with E-state index in [4.69, 9.17) is 28.9 Å². The van der Waals surface area contributed by atoms with Crippen LogP contribution in [0.4, 0.5) is 5.95 Å². The van der Waals surface area contributed by atoms with Crippen molar-refractivity contribution in [1.82, 2.24) is 4.57 Å². The molecule has 3 rings (SSSR count). The maximum Gasteiger partial charge on any atom is 0.356 e. The zero-order valence-corrected chi connectivity index (χ0v) is 14.2. The van der Waals surface area contributed by atoms with Crippen molar-refractivity contribution in [3.8, 4) is 0 Å². The number of aliphatic hydroxyl groups is 1. The molecule has 0 aliphatic rings. The van der Waals surface area contributed by atoms with Gasteiger partial charge in [-0.3, -0.25) is 5.73 Å². The van der Waals surface area contributed by atoms with Crippen molar-refractivity contribution in [2.45, 2.75) is 26.1 Å². The SMILES string of the molecule is CCn1c(N)[n+](C[C@H](O)c2ccc(Cl)c(Cl)c2)c2ccccc21. The van der Waals surface area contributed by atoms with Gasteiger partial charge in [0.2, 0.25) is 0 Å². The van der Waals surface area contributed by atoms with Gasteiger partial charge in [0.1, 0.15) is 23.7 Å². The van der Waals surface area contributed by atoms with Crippen LogP contribution < -0.4 is 10.3 Å². The van der Waals surface area contributed by atoms with Crippen LogP contribution in [0.3, 0.4) is 0 Å². The lowest BCUT2D eigenvalue weighted by molar-refractivity contribution is -0.666. The number of aryl methyl sites for hydroxylation is 1. The molecule has 3 aromatic rings. The molecule has 0 saturated heterocycles. The Kier molecular flexibility index (Phi) is 4.48. The van der Waals surface area contributed by atoms with Crippen LogP contribution in [0.2, 0.25) is 10.0 Å². The monoisotopic (exact) mass is 350 g/mol. The number of benzene rings is 2. The minimum absolute atomic E-state index is 0.345. The second-order valence-corrected chi connectivity index (χ2v) is 6.21. The molecular weight excluding hydrogens is 333 g/mol. The van der Waals surface area contributed by atoms with Gasteiger partial charge in [0.25, 0.3) is 0 Å². The predicted molar refractivity (Wildman–Crippen MR) is 93.6 cm³/mol. The number of fused-ring (bicyclic) bond motifs is 1. The molecule has 0 radical (unpaired) electrons. The molecule has 0 bridgehead atoms. The standard InChI is InChI=1S/C17H17Cl2N3O/c1-2-21-14-5-3-4-6-15(14)22(17(21)20)10-16(23)11-7-8-12(18)13(19)9-11/h3-9,16,20,23H,2,10H2,1H3/p+1/t16-/m0/s1. The summed E-state index contributed by atoms with van der Waals surface area (Å²) in [6, 6.07) is 13.1. The van der Waals surface area contributed by atoms with Crippen LogP contribution in [0.15, 0.2) is 42.5 Å². The van der Waals surface area contributed by atoms with Crippen LogP contribution in [0.25, 0.3) is 11.0 Å². The Morgan fingerprint density at radius 3 is 2.61 bits per heavy atom. The summed E-state index contributed by atoms with van der Waals surface area (Å²) in [5.41, 5.74) is 9.02. The van der Waals surface area contributed by atoms with E-state index in [2.05, 4.69) is 0 Å². The van der Waals surface area contributed by atoms with E-state index in [1.54, 1.807) is 18.2 Å². The fourth-order valence-electron chi connectivity index (χ4n) is 2.84. The normalized spacial score (nSPS) is 12.7. The average Bonchev–Trinajstić information content (AvgIpc) is 2.82. The molecule has 0 unspecified atom stereocenters. The minimum Gasteiger partial charge on any atom is -0.385 e. The number of hydrogen-bond donors (Lipinski definition) is 2. The van der Waals surface area contributed by atoms with Gasteiger partial charge in [0.15, 0.2) is 0 Å². The van der Waals surface area contributed by atoms with Crippen LogP contribution in [0, 0.1) is 0 Å². The first kappa shape index (κ1) is 16.1. The Balaban J connectivity index is 2.01. The largest absolute Gasteiger partial charge is 0.385 e. The summed E-state index contributed by atoms with van der Waals surface area (Å²) in [4.78, 5) is 0. The molecule has 0 spiro atoms. The molecule has 120 valence electrons. The zero-order valence-electron chi connectivity index (χ0n) is 12.7. The first-order valence-corrected chi connectivity index (χ1v) is 8.18. The number of rotatable bonds is 4. The summed E-state index contributed by atoms with van der Waals surface area (Å²) in [7, 11) is 0. The number of aromatic nitrogens is 2. The van der Waals surface area contributed by atoms with Crippen molar-refractivity contribution < 1.29 is 9.67 Å². The summed E-state index contributed by atoms with van der Waals surface area (Å²) in [5.74, 6) is 0.618. The molecule has 2 aromatic carbocycles. The number of nitrogen functional groups attached to an aromatic ring is 1. The molecular formula is C17H18Cl2N3O+. The van der Waals surface area contributed by atoms with Gasteiger partial charge >= 0.3 is 5.95 Å². The molecule has 6 heteroatoms. The lowest BCUT2D eigenvalue weighted by Gasteiger charge is -2.11. The Morgan fingerprint density at radius 2 is 1.91 bits per heavy atom. The fraction of sp³-hybridized carbons (Fsp3) is 0.235. The van der Waals surface area contributed by atoms with Gasteiger partial charge in [-0.1, -0.05) is 41.4 Å². The van der Waals surface area contributed by atoms with Gasteiger partial charge in [0.05, 0.1) is 16.6 Å². The molecule has 0 aliphatic carbocycles. The quantitative estimate of drug-likeness (QED) is 0.706. The molecule has 1 heterocycles. The Labute approximate surface area is 144 Å². The summed E-state index contributed by atoms with van der Waals surface area (Å²) in [5, 5.41) is 11.5. The number of halogens is 2. The van der Waals surface area contributed by atoms with Gasteiger partial charge < -0.3 is 5.11 Å². The van der Waals surface area contributed by atoms with Crippen molar-refractivity contribution in [2.24, 2.45) is 0 Å². The van der Waals surface area contributed by atoms with Crippen molar-refractivity contribution in [3.63, 3.8) is 0 Å². The molecule has 0 saturated carbocycles. The van der Waals surface area contributed by atoms with Gasteiger partial charge in [-0.25, -0.2) is 9.13 Å². The highest BCUT2D eigenvalue weighted by molar-refractivity contribution is 6.42. The first-order valence-electron chi connectivity index (χ1n) is 7.42. The topological polar surface area (TPSA) is 55.1 Å². The van der Waals surface area contributed by atoms with Crippen molar-refractivity contribution in [3.05, 3.63) is 58.1 Å². The highest BCUT2D eigenvalue weighted by atomic mass is 35.5. The van der Waals surface area contributed by atoms with Crippen LogP contribution in [0.5, 0.6) is 0 Å². The minimum atomic E-state index is -0.729. The third kappa shape index (κ3) is 2.90. The number of para-hydroxylation sites is 2. The van der Waals surface area contributed by atoms with Crippen LogP contribution in [-0.4, -0.2) is 9.67 Å². The van der Waals surface area contributed by atoms with Gasteiger partial charge in [0, 0.05) is 0 Å². The Morgan fingerprint density at radius 1 is 1.17 bits per heavy atom. The zero-order chi connectivity index (χ0) is 16.6. The third-order valence-electron chi connectivity index (χ3n) is 4.02. The van der Waals surface area contributed by atoms with E-state index in [-0.39, 0.29) is 0 Å². The second-order valence-electron chi connectivity index (χ2n) is 5.39. The van der Waals surface area contributed by atoms with Gasteiger partial charge in [-0.15, -0.1) is 0 Å². The van der Waals surface area contributed by atoms with Crippen molar-refractivity contribution >= 4 is 40.2 Å². The number of hydrogen-bond acceptors (Lipinski definition) is 2. The molecule has 4 nitrogen and oxygen atoms in total. The number of anilines is 1. The molecule has 0 amide bonds. The molecule has 23 heavy (non-hydrogen) atoms. The number of nitrogens with zero attached hydrogens (tertiary/aromatic N) is 2. The van der Waals surface area contributed by atoms with E-state index in [1.165, 1.54) is 0 Å². The summed E-state index contributed by atoms with van der Waals surface area (Å²) in [6.07, 6.45) is -0.729. The summed E-state index contributed by atoms with van der Waals surface area (Å²) in [6.45, 7) is 3.15. The van der Waals surface area contributed by atoms with Gasteiger partial charge in [-0.05, 0) is 36.8 Å². The maximum atomic E-state index is 10.6. The molecule has 0 fully saturated rings. The smallest absolute Gasteiger partial charge is 0.356 e. The lowest BCUT2D eigenvalue weighted by atomic mass is 10.1. The van der Waals surface area contributed by atoms with Crippen LogP contribution in [0.1, 0.15) is 18.6 Å². The second kappa shape index (κ2) is 6.40. The Bertz CT molecular complexity index is 860. The summed E-state index contributed by atoms with van der Waals surface area (Å²) >= 11 is 12.0. The Hall–Kier alpha value is -1.75. The predicted octanol–water partition coefficient (Wildman–Crippen LogP) is 3.57. The molecule has 1 atom stereocenters. The van der Waals surface area contributed by atoms with E-state index in [0.29, 0.717) is 28.1 Å². The summed E-state index contributed by atoms with van der Waals surface area (Å²) < 4.78 is 3.95. The molecule has 3 N–H and O–H groups in total. The van der Waals surface area contributed by atoms with Crippen LogP contribution in [-0.2, 0) is 13.1 Å². The van der Waals surface area contributed by atoms with E-state index in [0.717, 1.165) is 17.6 Å². The average molecular weight is 351 g/mol. The highest BCUT2D eigenvalue weighted by Gasteiger charge is 2.22. The van der Waals surface area contributed by atoms with E-state index in [9.17, 15) is 5.11 Å².